The van der Waals surface area contributed by atoms with E-state index in [-0.39, 0.29) is 0 Å². The van der Waals surface area contributed by atoms with E-state index in [1.165, 1.54) is 21.8 Å². The van der Waals surface area contributed by atoms with Gasteiger partial charge in [0.2, 0.25) is 0 Å². The van der Waals surface area contributed by atoms with Crippen LogP contribution in [0.3, 0.4) is 0 Å². The fourth-order valence-electron chi connectivity index (χ4n) is 2.17. The maximum absolute atomic E-state index is 9.09. The SMILES string of the molecule is CN(Cc1csc2ccccc12)c1nccnc1C#N. The van der Waals surface area contributed by atoms with E-state index in [9.17, 15) is 0 Å². The van der Waals surface area contributed by atoms with Crippen molar-refractivity contribution in [1.82, 2.24) is 9.97 Å². The molecule has 1 aromatic carbocycles. The Balaban J connectivity index is 1.93. The molecule has 3 aromatic rings. The normalized spacial score (nSPS) is 10.4. The van der Waals surface area contributed by atoms with Crippen molar-refractivity contribution in [2.45, 2.75) is 6.54 Å². The van der Waals surface area contributed by atoms with Gasteiger partial charge in [-0.3, -0.25) is 0 Å². The summed E-state index contributed by atoms with van der Waals surface area (Å²) >= 11 is 1.73. The maximum atomic E-state index is 9.09. The average Bonchev–Trinajstić information content (AvgIpc) is 2.90. The Bertz CT molecular complexity index is 788. The van der Waals surface area contributed by atoms with E-state index in [2.05, 4.69) is 33.5 Å². The van der Waals surface area contributed by atoms with Crippen molar-refractivity contribution in [1.29, 1.82) is 5.26 Å². The smallest absolute Gasteiger partial charge is 0.183 e. The zero-order chi connectivity index (χ0) is 13.9. The Morgan fingerprint density at radius 3 is 2.90 bits per heavy atom. The van der Waals surface area contributed by atoms with Crippen molar-refractivity contribution in [3.8, 4) is 6.07 Å². The molecule has 0 radical (unpaired) electrons. The number of nitriles is 1. The van der Waals surface area contributed by atoms with E-state index in [0.717, 1.165) is 0 Å². The summed E-state index contributed by atoms with van der Waals surface area (Å²) in [6.07, 6.45) is 3.15. The highest BCUT2D eigenvalue weighted by Crippen LogP contribution is 2.27. The van der Waals surface area contributed by atoms with Crippen molar-refractivity contribution < 1.29 is 0 Å². The van der Waals surface area contributed by atoms with Crippen LogP contribution in [0.2, 0.25) is 0 Å². The Hall–Kier alpha value is -2.45. The molecular weight excluding hydrogens is 268 g/mol. The molecule has 0 aliphatic rings. The van der Waals surface area contributed by atoms with Crippen molar-refractivity contribution in [3.63, 3.8) is 0 Å². The van der Waals surface area contributed by atoms with Crippen LogP contribution in [0.25, 0.3) is 10.1 Å². The third kappa shape index (κ3) is 2.22. The highest BCUT2D eigenvalue weighted by Gasteiger charge is 2.12. The maximum Gasteiger partial charge on any atom is 0.183 e. The molecule has 20 heavy (non-hydrogen) atoms. The van der Waals surface area contributed by atoms with Gasteiger partial charge in [-0.25, -0.2) is 9.97 Å². The minimum absolute atomic E-state index is 0.356. The number of rotatable bonds is 3. The summed E-state index contributed by atoms with van der Waals surface area (Å²) < 4.78 is 1.27. The monoisotopic (exact) mass is 280 g/mol. The number of benzene rings is 1. The summed E-state index contributed by atoms with van der Waals surface area (Å²) in [5, 5.41) is 12.5. The minimum atomic E-state index is 0.356. The molecule has 0 saturated carbocycles. The zero-order valence-electron chi connectivity index (χ0n) is 10.9. The first-order chi connectivity index (χ1) is 9.79. The van der Waals surface area contributed by atoms with Crippen molar-refractivity contribution in [3.05, 3.63) is 53.3 Å². The van der Waals surface area contributed by atoms with Gasteiger partial charge >= 0.3 is 0 Å². The first-order valence-electron chi connectivity index (χ1n) is 6.17. The molecule has 0 aliphatic heterocycles. The summed E-state index contributed by atoms with van der Waals surface area (Å²) in [7, 11) is 1.93. The second kappa shape index (κ2) is 5.27. The average molecular weight is 280 g/mol. The molecular formula is C15H12N4S. The van der Waals surface area contributed by atoms with Crippen molar-refractivity contribution >= 4 is 27.2 Å². The van der Waals surface area contributed by atoms with E-state index >= 15 is 0 Å². The third-order valence-corrected chi connectivity index (χ3v) is 4.13. The predicted molar refractivity (Wildman–Crippen MR) is 80.7 cm³/mol. The molecule has 2 heterocycles. The number of nitrogens with zero attached hydrogens (tertiary/aromatic N) is 4. The second-order valence-corrected chi connectivity index (χ2v) is 5.36. The Morgan fingerprint density at radius 1 is 1.25 bits per heavy atom. The molecule has 0 spiro atoms. The summed E-state index contributed by atoms with van der Waals surface area (Å²) in [4.78, 5) is 10.3. The van der Waals surface area contributed by atoms with E-state index in [1.807, 2.05) is 24.1 Å². The van der Waals surface area contributed by atoms with Crippen molar-refractivity contribution in [2.75, 3.05) is 11.9 Å². The topological polar surface area (TPSA) is 52.8 Å². The lowest BCUT2D eigenvalue weighted by Gasteiger charge is -2.18. The Morgan fingerprint density at radius 2 is 2.05 bits per heavy atom. The van der Waals surface area contributed by atoms with Crippen LogP contribution < -0.4 is 4.90 Å². The quantitative estimate of drug-likeness (QED) is 0.739. The van der Waals surface area contributed by atoms with Crippen LogP contribution in [0.15, 0.2) is 42.0 Å². The number of fused-ring (bicyclic) bond motifs is 1. The zero-order valence-corrected chi connectivity index (χ0v) is 11.8. The number of hydrogen-bond acceptors (Lipinski definition) is 5. The summed E-state index contributed by atoms with van der Waals surface area (Å²) in [5.74, 6) is 0.616. The lowest BCUT2D eigenvalue weighted by molar-refractivity contribution is 0.893. The van der Waals surface area contributed by atoms with Crippen LogP contribution in [0.4, 0.5) is 5.82 Å². The van der Waals surface area contributed by atoms with E-state index in [4.69, 9.17) is 5.26 Å². The lowest BCUT2D eigenvalue weighted by atomic mass is 10.1. The molecule has 5 heteroatoms. The molecule has 4 nitrogen and oxygen atoms in total. The molecule has 0 amide bonds. The van der Waals surface area contributed by atoms with Gasteiger partial charge in [0.1, 0.15) is 6.07 Å². The number of thiophene rings is 1. The van der Waals surface area contributed by atoms with Crippen LogP contribution in [-0.4, -0.2) is 17.0 Å². The highest BCUT2D eigenvalue weighted by molar-refractivity contribution is 7.17. The fraction of sp³-hybridized carbons (Fsp3) is 0.133. The Labute approximate surface area is 120 Å². The van der Waals surface area contributed by atoms with Gasteiger partial charge in [0, 0.05) is 30.7 Å². The van der Waals surface area contributed by atoms with E-state index in [1.54, 1.807) is 17.5 Å². The summed E-state index contributed by atoms with van der Waals surface area (Å²) in [6, 6.07) is 10.4. The molecule has 0 aliphatic carbocycles. The number of anilines is 1. The highest BCUT2D eigenvalue weighted by atomic mass is 32.1. The molecule has 0 saturated heterocycles. The first-order valence-corrected chi connectivity index (χ1v) is 7.05. The minimum Gasteiger partial charge on any atom is -0.353 e. The Kier molecular flexibility index (Phi) is 3.32. The predicted octanol–water partition coefficient (Wildman–Crippen LogP) is 3.20. The van der Waals surface area contributed by atoms with Crippen LogP contribution in [-0.2, 0) is 6.54 Å². The van der Waals surface area contributed by atoms with Gasteiger partial charge < -0.3 is 4.90 Å². The van der Waals surface area contributed by atoms with Crippen LogP contribution in [0, 0.1) is 11.3 Å². The fourth-order valence-corrected chi connectivity index (χ4v) is 3.13. The lowest BCUT2D eigenvalue weighted by Crippen LogP contribution is -2.19. The molecule has 2 aromatic heterocycles. The van der Waals surface area contributed by atoms with Gasteiger partial charge in [-0.1, -0.05) is 18.2 Å². The molecule has 0 fully saturated rings. The first kappa shape index (κ1) is 12.6. The van der Waals surface area contributed by atoms with Gasteiger partial charge in [-0.05, 0) is 22.4 Å². The van der Waals surface area contributed by atoms with Gasteiger partial charge in [0.25, 0.3) is 0 Å². The summed E-state index contributed by atoms with van der Waals surface area (Å²) in [6.45, 7) is 0.706. The molecule has 98 valence electrons. The number of hydrogen-bond donors (Lipinski definition) is 0. The van der Waals surface area contributed by atoms with E-state index in [0.29, 0.717) is 18.1 Å². The summed E-state index contributed by atoms with van der Waals surface area (Å²) in [5.41, 5.74) is 1.59. The third-order valence-electron chi connectivity index (χ3n) is 3.12. The van der Waals surface area contributed by atoms with E-state index < -0.39 is 0 Å². The van der Waals surface area contributed by atoms with Gasteiger partial charge in [0.05, 0.1) is 0 Å². The standard InChI is InChI=1S/C15H12N4S/c1-19(15-13(8-16)17-6-7-18-15)9-11-10-20-14-5-3-2-4-12(11)14/h2-7,10H,9H2,1H3. The van der Waals surface area contributed by atoms with Crippen molar-refractivity contribution in [2.24, 2.45) is 0 Å². The van der Waals surface area contributed by atoms with Gasteiger partial charge in [-0.2, -0.15) is 5.26 Å². The molecule has 0 bridgehead atoms. The van der Waals surface area contributed by atoms with Crippen LogP contribution >= 0.6 is 11.3 Å². The van der Waals surface area contributed by atoms with Crippen LogP contribution in [0.5, 0.6) is 0 Å². The molecule has 3 rings (SSSR count). The van der Waals surface area contributed by atoms with Crippen LogP contribution in [0.1, 0.15) is 11.3 Å². The molecule has 0 unspecified atom stereocenters. The largest absolute Gasteiger partial charge is 0.353 e. The number of aromatic nitrogens is 2. The molecule has 0 N–H and O–H groups in total. The van der Waals surface area contributed by atoms with Gasteiger partial charge in [0.15, 0.2) is 11.5 Å². The second-order valence-electron chi connectivity index (χ2n) is 4.45. The van der Waals surface area contributed by atoms with Gasteiger partial charge in [-0.15, -0.1) is 11.3 Å². The molecule has 0 atom stereocenters.